The van der Waals surface area contributed by atoms with E-state index in [0.717, 1.165) is 15.5 Å². The molecule has 1 aromatic rings. The molecule has 10 heavy (non-hydrogen) atoms. The standard InChI is InChI=1S/C7H6BrNS/c8-10-6-9-7-4-2-1-3-5-7/h1-5,10H. The highest BCUT2D eigenvalue weighted by molar-refractivity contribution is 9.49. The van der Waals surface area contributed by atoms with Gasteiger partial charge in [0, 0.05) is 5.16 Å². The van der Waals surface area contributed by atoms with Crippen LogP contribution >= 0.6 is 24.6 Å². The predicted molar refractivity (Wildman–Crippen MR) is 51.5 cm³/mol. The molecule has 1 aromatic carbocycles. The predicted octanol–water partition coefficient (Wildman–Crippen LogP) is 3.00. The molecule has 0 N–H and O–H groups in total. The lowest BCUT2D eigenvalue weighted by Crippen LogP contribution is -1.58. The van der Waals surface area contributed by atoms with Crippen molar-refractivity contribution in [3.05, 3.63) is 30.3 Å². The number of halogens is 1. The maximum absolute atomic E-state index is 4.02. The molecule has 0 spiro atoms. The van der Waals surface area contributed by atoms with Crippen LogP contribution in [0.15, 0.2) is 35.3 Å². The molecular weight excluding hydrogens is 210 g/mol. The summed E-state index contributed by atoms with van der Waals surface area (Å²) >= 11 is 3.17. The summed E-state index contributed by atoms with van der Waals surface area (Å²) in [6, 6.07) is 9.73. The fraction of sp³-hybridized carbons (Fsp3) is 0. The van der Waals surface area contributed by atoms with E-state index in [1.807, 2.05) is 30.3 Å². The normalized spacial score (nSPS) is 8.50. The van der Waals surface area contributed by atoms with Crippen molar-refractivity contribution in [1.82, 2.24) is 0 Å². The van der Waals surface area contributed by atoms with Crippen LogP contribution in [0.25, 0.3) is 0 Å². The van der Waals surface area contributed by atoms with Crippen molar-refractivity contribution in [2.24, 2.45) is 4.99 Å². The lowest BCUT2D eigenvalue weighted by molar-refractivity contribution is 1.55. The van der Waals surface area contributed by atoms with E-state index in [-0.39, 0.29) is 0 Å². The van der Waals surface area contributed by atoms with Crippen LogP contribution in [0.5, 0.6) is 0 Å². The lowest BCUT2D eigenvalue weighted by atomic mass is 10.3. The van der Waals surface area contributed by atoms with Gasteiger partial charge in [-0.3, -0.25) is 0 Å². The second kappa shape index (κ2) is 4.45. The molecule has 52 valence electrons. The number of para-hydroxylation sites is 1. The molecule has 0 bridgehead atoms. The number of rotatable bonds is 1. The highest BCUT2D eigenvalue weighted by Crippen LogP contribution is 2.08. The molecule has 0 aromatic heterocycles. The summed E-state index contributed by atoms with van der Waals surface area (Å²) in [5.74, 6) is 0. The van der Waals surface area contributed by atoms with Crippen LogP contribution in [0.1, 0.15) is 0 Å². The molecular formula is C7H6BrNS. The molecule has 0 saturated carbocycles. The molecule has 0 aliphatic rings. The Morgan fingerprint density at radius 2 is 2.00 bits per heavy atom. The Morgan fingerprint density at radius 3 is 2.60 bits per heavy atom. The summed E-state index contributed by atoms with van der Waals surface area (Å²) in [6.07, 6.45) is 0. The molecule has 1 rings (SSSR count). The first-order chi connectivity index (χ1) is 4.93. The number of nitrogens with zero attached hydrogens (tertiary/aromatic N) is 1. The molecule has 0 radical (unpaired) electrons. The third-order valence-corrected chi connectivity index (χ3v) is 1.62. The molecule has 0 saturated heterocycles. The van der Waals surface area contributed by atoms with E-state index in [1.165, 1.54) is 0 Å². The van der Waals surface area contributed by atoms with Gasteiger partial charge in [-0.05, 0) is 26.9 Å². The van der Waals surface area contributed by atoms with Crippen molar-refractivity contribution < 1.29 is 0 Å². The van der Waals surface area contributed by atoms with Gasteiger partial charge in [0.15, 0.2) is 0 Å². The maximum Gasteiger partial charge on any atom is 0.0735 e. The minimum absolute atomic E-state index is 0.886. The van der Waals surface area contributed by atoms with Gasteiger partial charge < -0.3 is 0 Å². The summed E-state index contributed by atoms with van der Waals surface area (Å²) in [7, 11) is 0.886. The summed E-state index contributed by atoms with van der Waals surface area (Å²) in [4.78, 5) is 4.02. The second-order valence-corrected chi connectivity index (χ2v) is 3.06. The van der Waals surface area contributed by atoms with Crippen LogP contribution in [0.2, 0.25) is 0 Å². The SMILES string of the molecule is Br[SH]=C=Nc1ccccc1. The first-order valence-corrected chi connectivity index (χ1v) is 5.66. The number of hydrogen-bond acceptors (Lipinski definition) is 1. The average molecular weight is 216 g/mol. The second-order valence-electron chi connectivity index (χ2n) is 1.63. The average Bonchev–Trinajstić information content (AvgIpc) is 2.03. The Balaban J connectivity index is 2.87. The Bertz CT molecular complexity index is 252. The molecule has 0 aliphatic carbocycles. The Labute approximate surface area is 71.0 Å². The topological polar surface area (TPSA) is 12.4 Å². The maximum atomic E-state index is 4.02. The number of isothiocyanates is 1. The molecule has 3 heteroatoms. The molecule has 0 aliphatic heterocycles. The smallest absolute Gasteiger partial charge is 0.0735 e. The zero-order chi connectivity index (χ0) is 7.23. The monoisotopic (exact) mass is 215 g/mol. The van der Waals surface area contributed by atoms with E-state index in [0.29, 0.717) is 0 Å². The van der Waals surface area contributed by atoms with Gasteiger partial charge in [0.05, 0.1) is 5.69 Å². The zero-order valence-corrected chi connectivity index (χ0v) is 7.64. The molecule has 0 amide bonds. The van der Waals surface area contributed by atoms with Gasteiger partial charge >= 0.3 is 0 Å². The molecule has 0 unspecified atom stereocenters. The first-order valence-electron chi connectivity index (χ1n) is 2.75. The van der Waals surface area contributed by atoms with Crippen LogP contribution < -0.4 is 0 Å². The van der Waals surface area contributed by atoms with Crippen molar-refractivity contribution in [1.29, 1.82) is 0 Å². The number of hydrogen-bond donors (Lipinski definition) is 1. The molecule has 0 fully saturated rings. The summed E-state index contributed by atoms with van der Waals surface area (Å²) in [6.45, 7) is 0. The summed E-state index contributed by atoms with van der Waals surface area (Å²) < 4.78 is 0. The Hall–Kier alpha value is -0.370. The van der Waals surface area contributed by atoms with E-state index < -0.39 is 0 Å². The largest absolute Gasteiger partial charge is 0.199 e. The van der Waals surface area contributed by atoms with Crippen LogP contribution in [-0.2, 0) is 0 Å². The van der Waals surface area contributed by atoms with Crippen LogP contribution in [0.4, 0.5) is 5.69 Å². The Kier molecular flexibility index (Phi) is 3.44. The zero-order valence-electron chi connectivity index (χ0n) is 5.16. The molecule has 0 heterocycles. The van der Waals surface area contributed by atoms with E-state index in [4.69, 9.17) is 0 Å². The van der Waals surface area contributed by atoms with Gasteiger partial charge in [0.25, 0.3) is 0 Å². The van der Waals surface area contributed by atoms with Crippen LogP contribution in [0, 0.1) is 0 Å². The minimum Gasteiger partial charge on any atom is -0.199 e. The lowest BCUT2D eigenvalue weighted by Gasteiger charge is -1.84. The third-order valence-electron chi connectivity index (χ3n) is 0.973. The third kappa shape index (κ3) is 2.48. The van der Waals surface area contributed by atoms with Crippen LogP contribution in [-0.4, -0.2) is 5.16 Å². The van der Waals surface area contributed by atoms with E-state index in [2.05, 4.69) is 25.0 Å². The number of aliphatic imine (C=N–C) groups is 1. The van der Waals surface area contributed by atoms with Gasteiger partial charge in [0.1, 0.15) is 0 Å². The van der Waals surface area contributed by atoms with Gasteiger partial charge in [-0.15, -0.1) is 0 Å². The minimum atomic E-state index is 0.886. The van der Waals surface area contributed by atoms with Crippen molar-refractivity contribution in [3.63, 3.8) is 0 Å². The fourth-order valence-corrected chi connectivity index (χ4v) is 0.970. The van der Waals surface area contributed by atoms with E-state index in [9.17, 15) is 0 Å². The Morgan fingerprint density at radius 1 is 1.30 bits per heavy atom. The fourth-order valence-electron chi connectivity index (χ4n) is 0.579. The highest BCUT2D eigenvalue weighted by Gasteiger charge is 1.79. The van der Waals surface area contributed by atoms with Crippen molar-refractivity contribution in [2.45, 2.75) is 0 Å². The van der Waals surface area contributed by atoms with Crippen LogP contribution in [0.3, 0.4) is 0 Å². The van der Waals surface area contributed by atoms with Crippen molar-refractivity contribution in [3.8, 4) is 0 Å². The van der Waals surface area contributed by atoms with E-state index in [1.54, 1.807) is 0 Å². The first kappa shape index (κ1) is 7.73. The van der Waals surface area contributed by atoms with Gasteiger partial charge in [-0.2, -0.15) is 4.99 Å². The molecule has 1 nitrogen and oxygen atoms in total. The van der Waals surface area contributed by atoms with Gasteiger partial charge in [-0.1, -0.05) is 28.0 Å². The quantitative estimate of drug-likeness (QED) is 0.421. The van der Waals surface area contributed by atoms with Gasteiger partial charge in [0.2, 0.25) is 0 Å². The van der Waals surface area contributed by atoms with Crippen molar-refractivity contribution >= 4 is 35.4 Å². The summed E-state index contributed by atoms with van der Waals surface area (Å²) in [5, 5.41) is 2.78. The number of benzene rings is 1. The highest BCUT2D eigenvalue weighted by atomic mass is 79.9. The van der Waals surface area contributed by atoms with Crippen molar-refractivity contribution in [2.75, 3.05) is 0 Å². The molecule has 0 atom stereocenters. The van der Waals surface area contributed by atoms with Gasteiger partial charge in [-0.25, -0.2) is 0 Å². The number of thiol groups is 1. The summed E-state index contributed by atoms with van der Waals surface area (Å²) in [5.41, 5.74) is 0.939. The van der Waals surface area contributed by atoms with E-state index >= 15 is 0 Å².